The molecule has 0 bridgehead atoms. The molecule has 0 N–H and O–H groups in total. The molecule has 0 saturated heterocycles. The van der Waals surface area contributed by atoms with Crippen LogP contribution in [0.1, 0.15) is 165 Å². The van der Waals surface area contributed by atoms with E-state index in [0.29, 0.717) is 121 Å². The van der Waals surface area contributed by atoms with E-state index in [9.17, 15) is 9.59 Å². The van der Waals surface area contributed by atoms with Crippen LogP contribution >= 0.6 is 0 Å². The Bertz CT molecular complexity index is 1740. The Kier molecular flexibility index (Phi) is 22.8. The molecule has 8 nitrogen and oxygen atoms in total. The first kappa shape index (κ1) is 51.6. The zero-order valence-corrected chi connectivity index (χ0v) is 40.1. The van der Waals surface area contributed by atoms with Crippen LogP contribution in [-0.2, 0) is 0 Å². The number of hydrogen-bond acceptors (Lipinski definition) is 8. The van der Waals surface area contributed by atoms with Crippen molar-refractivity contribution in [1.82, 2.24) is 0 Å². The Labute approximate surface area is 374 Å². The molecule has 0 spiro atoms. The van der Waals surface area contributed by atoms with Gasteiger partial charge >= 0.3 is 0 Å². The summed E-state index contributed by atoms with van der Waals surface area (Å²) >= 11 is 0. The molecule has 0 fully saturated rings. The lowest BCUT2D eigenvalue weighted by atomic mass is 10.0. The zero-order valence-electron chi connectivity index (χ0n) is 40.1. The quantitative estimate of drug-likeness (QED) is 0.0484. The Balaban J connectivity index is 2.26. The van der Waals surface area contributed by atoms with E-state index in [0.717, 1.165) is 73.4 Å². The van der Waals surface area contributed by atoms with Crippen molar-refractivity contribution >= 4 is 36.9 Å². The van der Waals surface area contributed by atoms with Gasteiger partial charge in [0.2, 0.25) is 0 Å². The SMILES string of the molecule is CC[C@H](C)COc1cc(/C=C/c2cc(OC[C@@H](C)CC)c(/C=C/c3cc(OC[C@@H](C)CC)c(C=O)cc3OC[C@@H](C)CC)cc2OC[C@@H](C)CC)c(OC[C@@H](C)CC)cc1C=O. The highest BCUT2D eigenvalue weighted by Crippen LogP contribution is 2.37. The van der Waals surface area contributed by atoms with Gasteiger partial charge in [0.15, 0.2) is 12.6 Å². The Morgan fingerprint density at radius 3 is 0.645 bits per heavy atom. The van der Waals surface area contributed by atoms with Crippen molar-refractivity contribution < 1.29 is 38.0 Å². The van der Waals surface area contributed by atoms with Gasteiger partial charge in [-0.3, -0.25) is 9.59 Å². The summed E-state index contributed by atoms with van der Waals surface area (Å²) in [6.07, 6.45) is 15.6. The molecule has 3 aromatic rings. The molecule has 342 valence electrons. The molecule has 0 aromatic heterocycles. The van der Waals surface area contributed by atoms with Crippen LogP contribution in [-0.4, -0.2) is 52.2 Å². The fraction of sp³-hybridized carbons (Fsp3) is 0.556. The number of rotatable bonds is 30. The molecule has 6 atom stereocenters. The molecular weight excluding hydrogens is 777 g/mol. The van der Waals surface area contributed by atoms with Crippen molar-refractivity contribution in [3.05, 3.63) is 69.8 Å². The maximum absolute atomic E-state index is 12.3. The molecule has 0 saturated carbocycles. The van der Waals surface area contributed by atoms with E-state index in [1.165, 1.54) is 0 Å². The summed E-state index contributed by atoms with van der Waals surface area (Å²) in [4.78, 5) is 24.6. The van der Waals surface area contributed by atoms with Gasteiger partial charge in [0, 0.05) is 22.3 Å². The maximum Gasteiger partial charge on any atom is 0.153 e. The van der Waals surface area contributed by atoms with Gasteiger partial charge in [-0.2, -0.15) is 0 Å². The molecule has 8 heteroatoms. The predicted octanol–water partition coefficient (Wildman–Crippen LogP) is 14.2. The van der Waals surface area contributed by atoms with Crippen LogP contribution < -0.4 is 28.4 Å². The van der Waals surface area contributed by atoms with Gasteiger partial charge in [0.25, 0.3) is 0 Å². The topological polar surface area (TPSA) is 89.5 Å². The standard InChI is InChI=1S/C54H78O8/c1-13-37(7)31-57-49-23-44(20-22-46-26-54(62-36-42(12)18-6)48(30-56)28-52(46)60-34-40(10)16-4)50(58-32-38(8)14-2)24-43(49)19-21-45-25-53(61-35-41(11)17-5)47(29-55)27-51(45)59-33-39(9)15-3/h19-30,37-42H,13-18,31-36H2,1-12H3/b21-19+,22-20+/t37-,38-,39-,40-,41-,42-/m0/s1. The predicted molar refractivity (Wildman–Crippen MR) is 258 cm³/mol. The summed E-state index contributed by atoms with van der Waals surface area (Å²) in [5, 5.41) is 0. The molecule has 0 aliphatic rings. The van der Waals surface area contributed by atoms with Crippen LogP contribution in [0.25, 0.3) is 24.3 Å². The lowest BCUT2D eigenvalue weighted by Crippen LogP contribution is -2.11. The van der Waals surface area contributed by atoms with Gasteiger partial charge in [-0.15, -0.1) is 0 Å². The van der Waals surface area contributed by atoms with Crippen LogP contribution in [0.5, 0.6) is 34.5 Å². The van der Waals surface area contributed by atoms with Crippen molar-refractivity contribution in [2.45, 2.75) is 122 Å². The summed E-state index contributed by atoms with van der Waals surface area (Å²) in [5.74, 6) is 5.75. The molecule has 0 aliphatic heterocycles. The Morgan fingerprint density at radius 1 is 0.323 bits per heavy atom. The number of aldehydes is 2. The summed E-state index contributed by atoms with van der Waals surface area (Å²) < 4.78 is 38.4. The van der Waals surface area contributed by atoms with Gasteiger partial charge in [-0.05, 0) is 71.9 Å². The first-order chi connectivity index (χ1) is 29.8. The molecule has 0 unspecified atom stereocenters. The van der Waals surface area contributed by atoms with Crippen molar-refractivity contribution in [1.29, 1.82) is 0 Å². The van der Waals surface area contributed by atoms with E-state index in [2.05, 4.69) is 83.1 Å². The van der Waals surface area contributed by atoms with E-state index in [1.54, 1.807) is 12.1 Å². The maximum atomic E-state index is 12.3. The fourth-order valence-electron chi connectivity index (χ4n) is 5.69. The zero-order chi connectivity index (χ0) is 45.6. The minimum absolute atomic E-state index is 0.337. The van der Waals surface area contributed by atoms with Crippen LogP contribution in [0.15, 0.2) is 36.4 Å². The third-order valence-electron chi connectivity index (χ3n) is 11.9. The first-order valence-electron chi connectivity index (χ1n) is 23.4. The minimum Gasteiger partial charge on any atom is -0.493 e. The second-order valence-corrected chi connectivity index (χ2v) is 17.6. The second kappa shape index (κ2) is 27.4. The van der Waals surface area contributed by atoms with Gasteiger partial charge in [-0.25, -0.2) is 0 Å². The van der Waals surface area contributed by atoms with Crippen molar-refractivity contribution in [3.63, 3.8) is 0 Å². The number of carbonyl (C=O) groups excluding carboxylic acids is 2. The molecule has 3 aromatic carbocycles. The number of carbonyl (C=O) groups is 2. The largest absolute Gasteiger partial charge is 0.493 e. The van der Waals surface area contributed by atoms with E-state index >= 15 is 0 Å². The number of hydrogen-bond donors (Lipinski definition) is 0. The monoisotopic (exact) mass is 855 g/mol. The second-order valence-electron chi connectivity index (χ2n) is 17.6. The summed E-state index contributed by atoms with van der Waals surface area (Å²) in [6.45, 7) is 28.9. The minimum atomic E-state index is 0.337. The summed E-state index contributed by atoms with van der Waals surface area (Å²) in [7, 11) is 0. The molecule has 62 heavy (non-hydrogen) atoms. The Hall–Kier alpha value is -4.72. The van der Waals surface area contributed by atoms with E-state index in [1.807, 2.05) is 48.6 Å². The van der Waals surface area contributed by atoms with Crippen molar-refractivity contribution in [2.75, 3.05) is 39.6 Å². The van der Waals surface area contributed by atoms with Crippen LogP contribution in [0.3, 0.4) is 0 Å². The molecule has 0 heterocycles. The van der Waals surface area contributed by atoms with Crippen molar-refractivity contribution in [3.8, 4) is 34.5 Å². The highest BCUT2D eigenvalue weighted by molar-refractivity contribution is 5.86. The lowest BCUT2D eigenvalue weighted by Gasteiger charge is -2.19. The third-order valence-corrected chi connectivity index (χ3v) is 11.9. The summed E-state index contributed by atoms with van der Waals surface area (Å²) in [5.41, 5.74) is 4.20. The van der Waals surface area contributed by atoms with Crippen LogP contribution in [0.2, 0.25) is 0 Å². The van der Waals surface area contributed by atoms with E-state index < -0.39 is 0 Å². The van der Waals surface area contributed by atoms with Crippen LogP contribution in [0.4, 0.5) is 0 Å². The molecule has 0 radical (unpaired) electrons. The fourth-order valence-corrected chi connectivity index (χ4v) is 5.69. The summed E-state index contributed by atoms with van der Waals surface area (Å²) in [6, 6.07) is 11.5. The Morgan fingerprint density at radius 2 is 0.484 bits per heavy atom. The van der Waals surface area contributed by atoms with E-state index in [-0.39, 0.29) is 0 Å². The van der Waals surface area contributed by atoms with Gasteiger partial charge in [-0.1, -0.05) is 146 Å². The molecule has 0 aliphatic carbocycles. The normalized spacial score (nSPS) is 14.5. The number of benzene rings is 3. The number of ether oxygens (including phenoxy) is 6. The lowest BCUT2D eigenvalue weighted by molar-refractivity contribution is 0.111. The van der Waals surface area contributed by atoms with Gasteiger partial charge in [0.1, 0.15) is 34.5 Å². The van der Waals surface area contributed by atoms with Crippen molar-refractivity contribution in [2.24, 2.45) is 35.5 Å². The first-order valence-corrected chi connectivity index (χ1v) is 23.4. The third kappa shape index (κ3) is 16.5. The smallest absolute Gasteiger partial charge is 0.153 e. The van der Waals surface area contributed by atoms with Crippen LogP contribution in [0, 0.1) is 35.5 Å². The molecular formula is C54H78O8. The van der Waals surface area contributed by atoms with E-state index in [4.69, 9.17) is 28.4 Å². The molecule has 3 rings (SSSR count). The van der Waals surface area contributed by atoms with Gasteiger partial charge < -0.3 is 28.4 Å². The van der Waals surface area contributed by atoms with Gasteiger partial charge in [0.05, 0.1) is 50.8 Å². The average Bonchev–Trinajstić information content (AvgIpc) is 3.30. The highest BCUT2D eigenvalue weighted by atomic mass is 16.5. The molecule has 0 amide bonds. The highest BCUT2D eigenvalue weighted by Gasteiger charge is 2.18. The average molecular weight is 855 g/mol.